The Balaban J connectivity index is 2.98. The van der Waals surface area contributed by atoms with Crippen molar-refractivity contribution in [3.05, 3.63) is 29.8 Å². The van der Waals surface area contributed by atoms with Gasteiger partial charge < -0.3 is 9.84 Å². The van der Waals surface area contributed by atoms with E-state index in [-0.39, 0.29) is 0 Å². The molecule has 76 valence electrons. The largest absolute Gasteiger partial charge is 0.497 e. The molecule has 1 aromatic carbocycles. The van der Waals surface area contributed by atoms with Crippen molar-refractivity contribution in [1.29, 1.82) is 0 Å². The van der Waals surface area contributed by atoms with Gasteiger partial charge in [-0.15, -0.1) is 0 Å². The third kappa shape index (κ3) is 2.25. The first-order valence-corrected chi connectivity index (χ1v) is 4.55. The zero-order valence-corrected chi connectivity index (χ0v) is 8.36. The maximum absolute atomic E-state index is 10.9. The number of methoxy groups -OCH3 is 1. The van der Waals surface area contributed by atoms with E-state index in [0.717, 1.165) is 5.56 Å². The van der Waals surface area contributed by atoms with Crippen molar-refractivity contribution in [2.75, 3.05) is 7.11 Å². The number of rotatable bonds is 4. The van der Waals surface area contributed by atoms with Gasteiger partial charge in [0, 0.05) is 0 Å². The van der Waals surface area contributed by atoms with E-state index in [1.165, 1.54) is 0 Å². The van der Waals surface area contributed by atoms with Crippen molar-refractivity contribution in [3.63, 3.8) is 0 Å². The lowest BCUT2D eigenvalue weighted by molar-refractivity contribution is -0.138. The van der Waals surface area contributed by atoms with Crippen molar-refractivity contribution in [2.24, 2.45) is 0 Å². The summed E-state index contributed by atoms with van der Waals surface area (Å²) in [6.07, 6.45) is 0.586. The third-order valence-corrected chi connectivity index (χ3v) is 2.20. The molecule has 3 heteroatoms. The molecular weight excluding hydrogens is 180 g/mol. The predicted octanol–water partition coefficient (Wildman–Crippen LogP) is 2.27. The number of ether oxygens (including phenoxy) is 1. The van der Waals surface area contributed by atoms with Gasteiger partial charge in [-0.1, -0.05) is 19.1 Å². The molecule has 0 radical (unpaired) electrons. The van der Waals surface area contributed by atoms with Gasteiger partial charge in [0.05, 0.1) is 13.0 Å². The molecule has 0 saturated heterocycles. The third-order valence-electron chi connectivity index (χ3n) is 2.20. The molecule has 0 amide bonds. The fraction of sp³-hybridized carbons (Fsp3) is 0.364. The van der Waals surface area contributed by atoms with Crippen molar-refractivity contribution in [2.45, 2.75) is 19.3 Å². The number of aliphatic carboxylic acids is 1. The molecule has 1 aromatic rings. The highest BCUT2D eigenvalue weighted by Gasteiger charge is 2.17. The number of carboxylic acids is 1. The summed E-state index contributed by atoms with van der Waals surface area (Å²) in [5.41, 5.74) is 0.791. The Morgan fingerprint density at radius 2 is 2.29 bits per heavy atom. The summed E-state index contributed by atoms with van der Waals surface area (Å²) in [6, 6.07) is 7.19. The quantitative estimate of drug-likeness (QED) is 0.799. The number of carbonyl (C=O) groups is 1. The molecule has 0 heterocycles. The van der Waals surface area contributed by atoms with Crippen LogP contribution in [0.2, 0.25) is 0 Å². The molecule has 0 unspecified atom stereocenters. The fourth-order valence-corrected chi connectivity index (χ4v) is 1.41. The predicted molar refractivity (Wildman–Crippen MR) is 53.7 cm³/mol. The Kier molecular flexibility index (Phi) is 3.51. The lowest BCUT2D eigenvalue weighted by Gasteiger charge is -2.10. The van der Waals surface area contributed by atoms with Crippen molar-refractivity contribution >= 4 is 5.97 Å². The molecule has 1 atom stereocenters. The molecule has 0 aliphatic carbocycles. The van der Waals surface area contributed by atoms with Crippen LogP contribution in [0.5, 0.6) is 5.75 Å². The van der Waals surface area contributed by atoms with Crippen molar-refractivity contribution in [1.82, 2.24) is 0 Å². The van der Waals surface area contributed by atoms with Crippen LogP contribution in [0.15, 0.2) is 24.3 Å². The standard InChI is InChI=1S/C11H14O3/c1-3-10(11(12)13)8-5-4-6-9(7-8)14-2/h4-7,10H,3H2,1-2H3,(H,12,13)/t10-/m1/s1. The van der Waals surface area contributed by atoms with Crippen molar-refractivity contribution < 1.29 is 14.6 Å². The van der Waals surface area contributed by atoms with E-state index in [0.29, 0.717) is 12.2 Å². The first-order valence-electron chi connectivity index (χ1n) is 4.55. The van der Waals surface area contributed by atoms with Gasteiger partial charge in [-0.2, -0.15) is 0 Å². The Hall–Kier alpha value is -1.51. The van der Waals surface area contributed by atoms with E-state index in [1.54, 1.807) is 25.3 Å². The van der Waals surface area contributed by atoms with Crippen LogP contribution in [-0.4, -0.2) is 18.2 Å². The van der Waals surface area contributed by atoms with Crippen LogP contribution < -0.4 is 4.74 Å². The zero-order chi connectivity index (χ0) is 10.6. The minimum atomic E-state index is -0.791. The minimum absolute atomic E-state index is 0.440. The lowest BCUT2D eigenvalue weighted by Crippen LogP contribution is -2.10. The second-order valence-electron chi connectivity index (χ2n) is 3.08. The van der Waals surface area contributed by atoms with Crippen LogP contribution in [0.25, 0.3) is 0 Å². The zero-order valence-electron chi connectivity index (χ0n) is 8.36. The summed E-state index contributed by atoms with van der Waals surface area (Å²) in [5, 5.41) is 8.95. The topological polar surface area (TPSA) is 46.5 Å². The molecule has 0 aromatic heterocycles. The van der Waals surface area contributed by atoms with Gasteiger partial charge in [-0.25, -0.2) is 0 Å². The molecule has 0 aliphatic heterocycles. The molecule has 0 fully saturated rings. The Bertz CT molecular complexity index is 320. The van der Waals surface area contributed by atoms with Gasteiger partial charge in [0.15, 0.2) is 0 Å². The second kappa shape index (κ2) is 4.65. The summed E-state index contributed by atoms with van der Waals surface area (Å²) in [5.74, 6) is -0.534. The molecule has 0 aliphatic rings. The summed E-state index contributed by atoms with van der Waals surface area (Å²) in [7, 11) is 1.57. The normalized spacial score (nSPS) is 12.1. The first kappa shape index (κ1) is 10.6. The smallest absolute Gasteiger partial charge is 0.310 e. The van der Waals surface area contributed by atoms with E-state index in [1.807, 2.05) is 13.0 Å². The molecule has 1 N–H and O–H groups in total. The van der Waals surface area contributed by atoms with E-state index in [9.17, 15) is 4.79 Å². The molecule has 0 spiro atoms. The Morgan fingerprint density at radius 3 is 2.79 bits per heavy atom. The van der Waals surface area contributed by atoms with E-state index >= 15 is 0 Å². The number of carboxylic acid groups (broad SMARTS) is 1. The number of benzene rings is 1. The van der Waals surface area contributed by atoms with Gasteiger partial charge in [0.1, 0.15) is 5.75 Å². The molecule has 3 nitrogen and oxygen atoms in total. The molecule has 14 heavy (non-hydrogen) atoms. The summed E-state index contributed by atoms with van der Waals surface area (Å²) < 4.78 is 5.04. The maximum atomic E-state index is 10.9. The maximum Gasteiger partial charge on any atom is 0.310 e. The second-order valence-corrected chi connectivity index (χ2v) is 3.08. The highest BCUT2D eigenvalue weighted by molar-refractivity contribution is 5.76. The van der Waals surface area contributed by atoms with Crippen LogP contribution in [0, 0.1) is 0 Å². The van der Waals surface area contributed by atoms with E-state index in [4.69, 9.17) is 9.84 Å². The van der Waals surface area contributed by atoms with Gasteiger partial charge in [-0.05, 0) is 24.1 Å². The Morgan fingerprint density at radius 1 is 1.57 bits per heavy atom. The summed E-state index contributed by atoms with van der Waals surface area (Å²) in [4.78, 5) is 10.9. The first-order chi connectivity index (χ1) is 6.69. The Labute approximate surface area is 83.3 Å². The van der Waals surface area contributed by atoms with E-state index in [2.05, 4.69) is 0 Å². The van der Waals surface area contributed by atoms with Gasteiger partial charge in [0.25, 0.3) is 0 Å². The molecule has 0 saturated carbocycles. The highest BCUT2D eigenvalue weighted by atomic mass is 16.5. The molecule has 1 rings (SSSR count). The van der Waals surface area contributed by atoms with Gasteiger partial charge >= 0.3 is 5.97 Å². The molecule has 0 bridgehead atoms. The van der Waals surface area contributed by atoms with Crippen LogP contribution in [0.4, 0.5) is 0 Å². The summed E-state index contributed by atoms with van der Waals surface area (Å²) >= 11 is 0. The van der Waals surface area contributed by atoms with E-state index < -0.39 is 11.9 Å². The number of hydrogen-bond acceptors (Lipinski definition) is 2. The fourth-order valence-electron chi connectivity index (χ4n) is 1.41. The highest BCUT2D eigenvalue weighted by Crippen LogP contribution is 2.23. The lowest BCUT2D eigenvalue weighted by atomic mass is 9.97. The van der Waals surface area contributed by atoms with Gasteiger partial charge in [-0.3, -0.25) is 4.79 Å². The summed E-state index contributed by atoms with van der Waals surface area (Å²) in [6.45, 7) is 1.86. The van der Waals surface area contributed by atoms with Crippen LogP contribution >= 0.6 is 0 Å². The molecular formula is C11H14O3. The average molecular weight is 194 g/mol. The monoisotopic (exact) mass is 194 g/mol. The van der Waals surface area contributed by atoms with Crippen LogP contribution in [0.1, 0.15) is 24.8 Å². The van der Waals surface area contributed by atoms with Crippen LogP contribution in [0.3, 0.4) is 0 Å². The van der Waals surface area contributed by atoms with Crippen molar-refractivity contribution in [3.8, 4) is 5.75 Å². The number of hydrogen-bond donors (Lipinski definition) is 1. The minimum Gasteiger partial charge on any atom is -0.497 e. The van der Waals surface area contributed by atoms with Crippen LogP contribution in [-0.2, 0) is 4.79 Å². The van der Waals surface area contributed by atoms with Gasteiger partial charge in [0.2, 0.25) is 0 Å². The average Bonchev–Trinajstić information content (AvgIpc) is 2.19. The SMILES string of the molecule is CC[C@@H](C(=O)O)c1cccc(OC)c1.